The lowest BCUT2D eigenvalue weighted by molar-refractivity contribution is -0.385. The predicted octanol–water partition coefficient (Wildman–Crippen LogP) is 20.8. The fourth-order valence-electron chi connectivity index (χ4n) is 18.8. The number of hydrogen-bond acceptors (Lipinski definition) is 18. The second kappa shape index (κ2) is 26.5. The van der Waals surface area contributed by atoms with Gasteiger partial charge in [-0.05, 0) is 204 Å². The second-order valence-electron chi connectivity index (χ2n) is 32.6. The van der Waals surface area contributed by atoms with Crippen molar-refractivity contribution < 1.29 is 43.4 Å². The van der Waals surface area contributed by atoms with E-state index in [2.05, 4.69) is 215 Å². The van der Waals surface area contributed by atoms with E-state index >= 15 is 0 Å². The standard InChI is InChI=1S/C46H42N4O7.C46H42N4O6S/c1-29-23-34(49(51)52)24-32-19-21-45(56-41(29)32)43(2,3)36-11-7-9-13-38(36)47(45)27-30-15-17-31(18-16-30)28-48-39-14-10-8-12-37(39)44(4,5)46(48)22-20-33-25-35(50(53)54)26-40(55-6)42(33)57-46;1-29-23-34(49(51)52)24-32-19-21-45(55-41(29)32)43(2,3)36-11-7-9-13-38(36)47(45)27-30-15-17-31(18-16-30)28-48-39-14-10-8-12-37(39)44(4,5)46(48)22-20-33-25-35(50(53)54)26-40(57-6)42(33)56-46/h2*7-26H,27-28H2,1-6H3. The molecule has 0 aromatic heterocycles. The zero-order valence-electron chi connectivity index (χ0n) is 65.2. The van der Waals surface area contributed by atoms with Crippen LogP contribution >= 0.6 is 11.8 Å². The summed E-state index contributed by atoms with van der Waals surface area (Å²) in [5.41, 5.74) is 11.8. The van der Waals surface area contributed by atoms with E-state index in [1.807, 2.05) is 74.7 Å². The number of thioether (sulfide) groups is 1. The molecule has 0 amide bonds. The number of hydrogen-bond donors (Lipinski definition) is 0. The van der Waals surface area contributed by atoms with Gasteiger partial charge >= 0.3 is 0 Å². The van der Waals surface area contributed by atoms with Crippen molar-refractivity contribution >= 4 is 81.6 Å². The van der Waals surface area contributed by atoms with Crippen molar-refractivity contribution in [3.63, 3.8) is 0 Å². The summed E-state index contributed by atoms with van der Waals surface area (Å²) in [5.74, 6) is 2.71. The highest BCUT2D eigenvalue weighted by molar-refractivity contribution is 7.98. The summed E-state index contributed by atoms with van der Waals surface area (Å²) < 4.78 is 34.0. The van der Waals surface area contributed by atoms with Gasteiger partial charge in [-0.2, -0.15) is 0 Å². The molecule has 0 saturated carbocycles. The lowest BCUT2D eigenvalue weighted by Gasteiger charge is -2.47. The molecule has 0 aliphatic carbocycles. The fraction of sp³-hybridized carbons (Fsp3) is 0.261. The number of nitrogens with zero attached hydrogens (tertiary/aromatic N) is 8. The molecule has 4 spiro atoms. The average molecular weight is 1540 g/mol. The van der Waals surface area contributed by atoms with Gasteiger partial charge in [-0.1, -0.05) is 121 Å². The first-order valence-electron chi connectivity index (χ1n) is 37.9. The summed E-state index contributed by atoms with van der Waals surface area (Å²) in [7, 11) is 1.50. The molecule has 10 aromatic carbocycles. The van der Waals surface area contributed by atoms with Crippen molar-refractivity contribution in [3.05, 3.63) is 337 Å². The Morgan fingerprint density at radius 3 is 0.895 bits per heavy atom. The van der Waals surface area contributed by atoms with Crippen LogP contribution in [0.15, 0.2) is 223 Å². The highest BCUT2D eigenvalue weighted by Crippen LogP contribution is 2.62. The van der Waals surface area contributed by atoms with Crippen LogP contribution in [0.2, 0.25) is 0 Å². The summed E-state index contributed by atoms with van der Waals surface area (Å²) in [5, 5.41) is 46.8. The van der Waals surface area contributed by atoms with Gasteiger partial charge in [0, 0.05) is 114 Å². The molecule has 0 saturated heterocycles. The molecule has 0 bridgehead atoms. The Morgan fingerprint density at radius 2 is 0.605 bits per heavy atom. The molecule has 10 aromatic rings. The molecule has 18 rings (SSSR count). The van der Waals surface area contributed by atoms with E-state index < -0.39 is 49.5 Å². The maximum absolute atomic E-state index is 11.8. The number of ether oxygens (including phenoxy) is 5. The third kappa shape index (κ3) is 11.0. The largest absolute Gasteiger partial charge is 0.493 e. The highest BCUT2D eigenvalue weighted by Gasteiger charge is 2.63. The van der Waals surface area contributed by atoms with Gasteiger partial charge in [0.2, 0.25) is 22.9 Å². The Morgan fingerprint density at radius 1 is 0.351 bits per heavy atom. The second-order valence-corrected chi connectivity index (χ2v) is 33.4. The molecule has 4 unspecified atom stereocenters. The van der Waals surface area contributed by atoms with Gasteiger partial charge in [-0.15, -0.1) is 11.8 Å². The first-order chi connectivity index (χ1) is 54.4. The average Bonchev–Trinajstić information content (AvgIpc) is 1.55. The van der Waals surface area contributed by atoms with Crippen molar-refractivity contribution in [1.82, 2.24) is 0 Å². The zero-order chi connectivity index (χ0) is 80.1. The van der Waals surface area contributed by atoms with Crippen LogP contribution in [0.5, 0.6) is 28.7 Å². The van der Waals surface area contributed by atoms with Gasteiger partial charge < -0.3 is 43.3 Å². The van der Waals surface area contributed by atoms with E-state index in [4.69, 9.17) is 23.7 Å². The van der Waals surface area contributed by atoms with E-state index in [0.717, 1.165) is 77.7 Å². The minimum atomic E-state index is -0.970. The van der Waals surface area contributed by atoms with E-state index in [9.17, 15) is 40.5 Å². The minimum Gasteiger partial charge on any atom is -0.493 e. The number of nitro groups is 4. The van der Waals surface area contributed by atoms with Crippen LogP contribution in [-0.4, -0.2) is 56.0 Å². The maximum atomic E-state index is 11.8. The smallest absolute Gasteiger partial charge is 0.274 e. The summed E-state index contributed by atoms with van der Waals surface area (Å²) >= 11 is 1.44. The molecule has 8 aliphatic rings. The third-order valence-electron chi connectivity index (χ3n) is 25.0. The Kier molecular flexibility index (Phi) is 17.2. The molecular weight excluding hydrogens is 1460 g/mol. The van der Waals surface area contributed by atoms with Crippen molar-refractivity contribution in [2.75, 3.05) is 33.0 Å². The lowest BCUT2D eigenvalue weighted by Crippen LogP contribution is -2.59. The predicted molar refractivity (Wildman–Crippen MR) is 445 cm³/mol. The van der Waals surface area contributed by atoms with Crippen molar-refractivity contribution in [1.29, 1.82) is 0 Å². The number of anilines is 4. The summed E-state index contributed by atoms with van der Waals surface area (Å²) in [4.78, 5) is 55.3. The number of nitro benzene ring substituents is 4. The topological polar surface area (TPSA) is 232 Å². The first kappa shape index (κ1) is 74.1. The Hall–Kier alpha value is -12.7. The number of benzene rings is 10. The van der Waals surface area contributed by atoms with Gasteiger partial charge in [-0.3, -0.25) is 40.5 Å². The first-order valence-corrected chi connectivity index (χ1v) is 39.1. The molecule has 114 heavy (non-hydrogen) atoms. The van der Waals surface area contributed by atoms with Crippen LogP contribution in [0.25, 0.3) is 24.3 Å². The normalized spacial score (nSPS) is 21.4. The van der Waals surface area contributed by atoms with E-state index in [1.165, 1.54) is 31.0 Å². The van der Waals surface area contributed by atoms with E-state index in [-0.39, 0.29) is 37.5 Å². The van der Waals surface area contributed by atoms with E-state index in [0.29, 0.717) is 82.7 Å². The number of para-hydroxylation sites is 4. The molecular formula is C92H84N8O13S. The van der Waals surface area contributed by atoms with Crippen molar-refractivity contribution in [2.24, 2.45) is 0 Å². The quantitative estimate of drug-likeness (QED) is 0.0559. The van der Waals surface area contributed by atoms with Crippen molar-refractivity contribution in [2.45, 2.75) is 145 Å². The van der Waals surface area contributed by atoms with Crippen LogP contribution in [0.3, 0.4) is 0 Å². The van der Waals surface area contributed by atoms with Gasteiger partial charge in [0.15, 0.2) is 11.5 Å². The van der Waals surface area contributed by atoms with Gasteiger partial charge in [0.1, 0.15) is 17.2 Å². The molecule has 8 heterocycles. The SMILES string of the molecule is COc1cc([N+](=O)[O-])cc2c1OC1(C=C2)N(Cc2ccc(CN3c4ccccc4C(C)(C)C34C=Cc3cc([N+](=O)[O-])cc(C)c3O4)cc2)c2ccccc2C1(C)C.CSc1cc([N+](=O)[O-])cc2c1OC1(C=C2)N(Cc2ccc(CN3c4ccccc4C(C)(C)C34C=Cc3cc([N+](=O)[O-])cc(C)c3O4)cc2)c2ccccc2C1(C)C. The monoisotopic (exact) mass is 1540 g/mol. The zero-order valence-corrected chi connectivity index (χ0v) is 66.0. The molecule has 8 aliphatic heterocycles. The number of aryl methyl sites for hydroxylation is 2. The highest BCUT2D eigenvalue weighted by atomic mass is 32.2. The van der Waals surface area contributed by atoms with Gasteiger partial charge in [0.05, 0.1) is 59.4 Å². The number of non-ortho nitro benzene ring substituents is 4. The summed E-state index contributed by atoms with van der Waals surface area (Å²) in [6.45, 7) is 23.4. The molecule has 0 radical (unpaired) electrons. The Labute approximate surface area is 664 Å². The van der Waals surface area contributed by atoms with Crippen LogP contribution in [-0.2, 0) is 47.8 Å². The number of methoxy groups -OCH3 is 1. The minimum absolute atomic E-state index is 0.0372. The maximum Gasteiger partial charge on any atom is 0.274 e. The van der Waals surface area contributed by atoms with Crippen LogP contribution in [0.1, 0.15) is 133 Å². The summed E-state index contributed by atoms with van der Waals surface area (Å²) in [6.07, 6.45) is 17.9. The molecule has 22 heteroatoms. The molecule has 576 valence electrons. The van der Waals surface area contributed by atoms with Gasteiger partial charge in [0.25, 0.3) is 22.7 Å². The molecule has 0 N–H and O–H groups in total. The summed E-state index contributed by atoms with van der Waals surface area (Å²) in [6, 6.07) is 63.2. The molecule has 0 fully saturated rings. The Balaban J connectivity index is 0.000000165. The molecule has 21 nitrogen and oxygen atoms in total. The molecule has 4 atom stereocenters. The van der Waals surface area contributed by atoms with Crippen LogP contribution in [0, 0.1) is 54.3 Å². The van der Waals surface area contributed by atoms with Crippen LogP contribution < -0.4 is 43.3 Å². The van der Waals surface area contributed by atoms with Crippen LogP contribution in [0.4, 0.5) is 45.5 Å². The van der Waals surface area contributed by atoms with Crippen molar-refractivity contribution in [3.8, 4) is 28.7 Å². The number of rotatable bonds is 14. The third-order valence-corrected chi connectivity index (χ3v) is 25.8. The number of fused-ring (bicyclic) bond motifs is 8. The Bertz CT molecular complexity index is 5520. The fourth-order valence-corrected chi connectivity index (χ4v) is 19.4. The van der Waals surface area contributed by atoms with E-state index in [1.54, 1.807) is 36.4 Å². The lowest BCUT2D eigenvalue weighted by atomic mass is 9.76. The van der Waals surface area contributed by atoms with Gasteiger partial charge in [-0.25, -0.2) is 0 Å².